The molecule has 1 aliphatic carbocycles. The SMILES string of the molecule is CC(C)C1CCC(CN)(OCC(=O)NCC(F)(F)F)CC1. The summed E-state index contributed by atoms with van der Waals surface area (Å²) in [7, 11) is 0. The smallest absolute Gasteiger partial charge is 0.364 e. The summed E-state index contributed by atoms with van der Waals surface area (Å²) in [4.78, 5) is 11.4. The molecular weight excluding hydrogens is 285 g/mol. The second-order valence-corrected chi connectivity index (χ2v) is 6.15. The number of rotatable bonds is 6. The Morgan fingerprint density at radius 3 is 2.38 bits per heavy atom. The van der Waals surface area contributed by atoms with Crippen LogP contribution in [0.4, 0.5) is 13.2 Å². The van der Waals surface area contributed by atoms with Gasteiger partial charge >= 0.3 is 6.18 Å². The maximum Gasteiger partial charge on any atom is 0.405 e. The second kappa shape index (κ2) is 7.45. The van der Waals surface area contributed by atoms with E-state index in [2.05, 4.69) is 13.8 Å². The Morgan fingerprint density at radius 2 is 1.95 bits per heavy atom. The quantitative estimate of drug-likeness (QED) is 0.791. The first kappa shape index (κ1) is 18.2. The molecule has 1 aliphatic rings. The molecule has 7 heteroatoms. The van der Waals surface area contributed by atoms with Crippen molar-refractivity contribution in [3.63, 3.8) is 0 Å². The summed E-state index contributed by atoms with van der Waals surface area (Å²) in [6, 6.07) is 0. The molecule has 21 heavy (non-hydrogen) atoms. The van der Waals surface area contributed by atoms with E-state index < -0.39 is 24.2 Å². The number of halogens is 3. The average molecular weight is 310 g/mol. The van der Waals surface area contributed by atoms with Gasteiger partial charge in [-0.05, 0) is 37.5 Å². The Kier molecular flexibility index (Phi) is 6.46. The molecule has 4 nitrogen and oxygen atoms in total. The van der Waals surface area contributed by atoms with Crippen molar-refractivity contribution >= 4 is 5.91 Å². The van der Waals surface area contributed by atoms with E-state index in [1.807, 2.05) is 0 Å². The third-order valence-electron chi connectivity index (χ3n) is 4.25. The molecule has 1 saturated carbocycles. The normalized spacial score (nSPS) is 26.9. The summed E-state index contributed by atoms with van der Waals surface area (Å²) in [6.45, 7) is 2.92. The number of alkyl halides is 3. The van der Waals surface area contributed by atoms with Gasteiger partial charge in [-0.2, -0.15) is 13.2 Å². The number of nitrogens with two attached hydrogens (primary N) is 1. The molecule has 1 rings (SSSR count). The Labute approximate surface area is 123 Å². The molecule has 124 valence electrons. The van der Waals surface area contributed by atoms with E-state index >= 15 is 0 Å². The lowest BCUT2D eigenvalue weighted by Gasteiger charge is -2.40. The third kappa shape index (κ3) is 6.22. The molecule has 3 N–H and O–H groups in total. The zero-order valence-corrected chi connectivity index (χ0v) is 12.6. The van der Waals surface area contributed by atoms with Gasteiger partial charge in [0.15, 0.2) is 0 Å². The van der Waals surface area contributed by atoms with Crippen molar-refractivity contribution in [2.75, 3.05) is 19.7 Å². The van der Waals surface area contributed by atoms with Gasteiger partial charge in [-0.25, -0.2) is 0 Å². The molecule has 1 amide bonds. The fourth-order valence-electron chi connectivity index (χ4n) is 2.71. The zero-order valence-electron chi connectivity index (χ0n) is 12.6. The summed E-state index contributed by atoms with van der Waals surface area (Å²) in [6.07, 6.45) is -0.966. The predicted molar refractivity (Wildman–Crippen MR) is 73.6 cm³/mol. The van der Waals surface area contributed by atoms with Crippen LogP contribution in [-0.2, 0) is 9.53 Å². The molecule has 0 unspecified atom stereocenters. The van der Waals surface area contributed by atoms with Gasteiger partial charge in [-0.3, -0.25) is 4.79 Å². The minimum atomic E-state index is -4.41. The van der Waals surface area contributed by atoms with Gasteiger partial charge < -0.3 is 15.8 Å². The number of hydrogen-bond acceptors (Lipinski definition) is 3. The van der Waals surface area contributed by atoms with Gasteiger partial charge in [0, 0.05) is 6.54 Å². The average Bonchev–Trinajstić information content (AvgIpc) is 2.42. The summed E-state index contributed by atoms with van der Waals surface area (Å²) in [5.41, 5.74) is 5.18. The van der Waals surface area contributed by atoms with Crippen LogP contribution in [0.25, 0.3) is 0 Å². The molecule has 0 radical (unpaired) electrons. The minimum absolute atomic E-state index is 0.282. The van der Waals surface area contributed by atoms with Crippen LogP contribution in [0.3, 0.4) is 0 Å². The van der Waals surface area contributed by atoms with Crippen LogP contribution in [-0.4, -0.2) is 37.4 Å². The van der Waals surface area contributed by atoms with Crippen molar-refractivity contribution in [3.8, 4) is 0 Å². The van der Waals surface area contributed by atoms with Crippen molar-refractivity contribution in [1.29, 1.82) is 0 Å². The highest BCUT2D eigenvalue weighted by Gasteiger charge is 2.36. The maximum atomic E-state index is 12.0. The van der Waals surface area contributed by atoms with E-state index in [1.54, 1.807) is 5.32 Å². The van der Waals surface area contributed by atoms with Gasteiger partial charge in [0.25, 0.3) is 0 Å². The standard InChI is InChI=1S/C14H25F3N2O2/c1-10(2)11-3-5-13(8-18,6-4-11)21-7-12(20)19-9-14(15,16)17/h10-11H,3-9,18H2,1-2H3,(H,19,20). The first-order valence-electron chi connectivity index (χ1n) is 7.35. The van der Waals surface area contributed by atoms with Crippen molar-refractivity contribution in [2.24, 2.45) is 17.6 Å². The lowest BCUT2D eigenvalue weighted by molar-refractivity contribution is -0.147. The molecule has 0 saturated heterocycles. The van der Waals surface area contributed by atoms with Crippen molar-refractivity contribution in [3.05, 3.63) is 0 Å². The largest absolute Gasteiger partial charge is 0.405 e. The molecule has 0 spiro atoms. The van der Waals surface area contributed by atoms with E-state index in [0.29, 0.717) is 11.8 Å². The highest BCUT2D eigenvalue weighted by molar-refractivity contribution is 5.77. The van der Waals surface area contributed by atoms with Crippen molar-refractivity contribution in [1.82, 2.24) is 5.32 Å². The number of amides is 1. The van der Waals surface area contributed by atoms with Gasteiger partial charge in [0.1, 0.15) is 13.2 Å². The summed E-state index contributed by atoms with van der Waals surface area (Å²) in [5, 5.41) is 1.80. The van der Waals surface area contributed by atoms with Crippen LogP contribution in [0, 0.1) is 11.8 Å². The fourth-order valence-corrected chi connectivity index (χ4v) is 2.71. The van der Waals surface area contributed by atoms with E-state index in [0.717, 1.165) is 25.7 Å². The van der Waals surface area contributed by atoms with Gasteiger partial charge in [-0.15, -0.1) is 0 Å². The summed E-state index contributed by atoms with van der Waals surface area (Å²) in [5.74, 6) is 0.453. The third-order valence-corrected chi connectivity index (χ3v) is 4.25. The first-order chi connectivity index (χ1) is 9.67. The number of hydrogen-bond donors (Lipinski definition) is 2. The van der Waals surface area contributed by atoms with Crippen LogP contribution in [0.5, 0.6) is 0 Å². The van der Waals surface area contributed by atoms with Crippen molar-refractivity contribution < 1.29 is 22.7 Å². The summed E-state index contributed by atoms with van der Waals surface area (Å²) < 4.78 is 41.6. The fraction of sp³-hybridized carbons (Fsp3) is 0.929. The van der Waals surface area contributed by atoms with Crippen molar-refractivity contribution in [2.45, 2.75) is 51.3 Å². The maximum absolute atomic E-state index is 12.0. The molecule has 0 aromatic rings. The monoisotopic (exact) mass is 310 g/mol. The molecular formula is C14H25F3N2O2. The number of ether oxygens (including phenoxy) is 1. The number of carbonyl (C=O) groups is 1. The van der Waals surface area contributed by atoms with Gasteiger partial charge in [-0.1, -0.05) is 13.8 Å². The first-order valence-corrected chi connectivity index (χ1v) is 7.35. The molecule has 0 aromatic carbocycles. The van der Waals surface area contributed by atoms with Gasteiger partial charge in [0.05, 0.1) is 5.60 Å². The second-order valence-electron chi connectivity index (χ2n) is 6.15. The number of nitrogens with one attached hydrogen (secondary N) is 1. The van der Waals surface area contributed by atoms with Crippen LogP contribution in [0.2, 0.25) is 0 Å². The van der Waals surface area contributed by atoms with Crippen LogP contribution < -0.4 is 11.1 Å². The summed E-state index contributed by atoms with van der Waals surface area (Å²) >= 11 is 0. The molecule has 0 bridgehead atoms. The Bertz CT molecular complexity index is 338. The molecule has 1 fully saturated rings. The molecule has 0 atom stereocenters. The molecule has 0 heterocycles. The highest BCUT2D eigenvalue weighted by Crippen LogP contribution is 2.37. The van der Waals surface area contributed by atoms with E-state index in [4.69, 9.17) is 10.5 Å². The van der Waals surface area contributed by atoms with Crippen LogP contribution in [0.1, 0.15) is 39.5 Å². The Morgan fingerprint density at radius 1 is 1.38 bits per heavy atom. The van der Waals surface area contributed by atoms with E-state index in [-0.39, 0.29) is 13.2 Å². The Hall–Kier alpha value is -0.820. The van der Waals surface area contributed by atoms with E-state index in [9.17, 15) is 18.0 Å². The minimum Gasteiger partial charge on any atom is -0.364 e. The van der Waals surface area contributed by atoms with Gasteiger partial charge in [0.2, 0.25) is 5.91 Å². The lowest BCUT2D eigenvalue weighted by Crippen LogP contribution is -2.47. The van der Waals surface area contributed by atoms with Crippen LogP contribution >= 0.6 is 0 Å². The topological polar surface area (TPSA) is 64.3 Å². The predicted octanol–water partition coefficient (Wildman–Crippen LogP) is 2.23. The number of carbonyl (C=O) groups excluding carboxylic acids is 1. The molecule has 0 aliphatic heterocycles. The Balaban J connectivity index is 2.39. The van der Waals surface area contributed by atoms with Crippen LogP contribution in [0.15, 0.2) is 0 Å². The highest BCUT2D eigenvalue weighted by atomic mass is 19.4. The zero-order chi connectivity index (χ0) is 16.1. The van der Waals surface area contributed by atoms with E-state index in [1.165, 1.54) is 0 Å². The lowest BCUT2D eigenvalue weighted by atomic mass is 9.74. The molecule has 0 aromatic heterocycles.